The minimum absolute atomic E-state index is 0.0458. The van der Waals surface area contributed by atoms with E-state index in [-0.39, 0.29) is 24.4 Å². The Morgan fingerprint density at radius 1 is 1.00 bits per heavy atom. The highest BCUT2D eigenvalue weighted by Crippen LogP contribution is 2.27. The topological polar surface area (TPSA) is 109 Å². The summed E-state index contributed by atoms with van der Waals surface area (Å²) in [7, 11) is 0. The lowest BCUT2D eigenvalue weighted by Crippen LogP contribution is -2.36. The van der Waals surface area contributed by atoms with E-state index in [0.717, 1.165) is 6.07 Å². The van der Waals surface area contributed by atoms with Gasteiger partial charge in [0.2, 0.25) is 5.91 Å². The molecule has 29 heavy (non-hydrogen) atoms. The number of carbonyl (C=O) groups is 2. The van der Waals surface area contributed by atoms with Crippen LogP contribution in [0, 0.1) is 11.6 Å². The van der Waals surface area contributed by atoms with Crippen LogP contribution < -0.4 is 21.7 Å². The number of primary amides is 1. The molecule has 0 spiro atoms. The molecule has 3 rings (SSSR count). The molecule has 9 heteroatoms. The molecule has 0 aliphatic heterocycles. The molecule has 0 atom stereocenters. The number of hydrogen-bond acceptors (Lipinski definition) is 4. The van der Waals surface area contributed by atoms with E-state index in [2.05, 4.69) is 16.0 Å². The van der Waals surface area contributed by atoms with Gasteiger partial charge in [-0.15, -0.1) is 0 Å². The normalized spacial score (nSPS) is 10.4. The number of halogens is 2. The van der Waals surface area contributed by atoms with Gasteiger partial charge in [-0.1, -0.05) is 12.1 Å². The largest absolute Gasteiger partial charge is 0.459 e. The summed E-state index contributed by atoms with van der Waals surface area (Å²) in [5.41, 5.74) is 6.20. The van der Waals surface area contributed by atoms with Gasteiger partial charge in [0.1, 0.15) is 11.5 Å². The van der Waals surface area contributed by atoms with Gasteiger partial charge in [-0.25, -0.2) is 13.6 Å². The Morgan fingerprint density at radius 3 is 2.55 bits per heavy atom. The second-order valence-electron chi connectivity index (χ2n) is 6.08. The summed E-state index contributed by atoms with van der Waals surface area (Å²) in [6.07, 6.45) is 0. The van der Waals surface area contributed by atoms with Crippen molar-refractivity contribution in [2.75, 3.05) is 17.2 Å². The Hall–Kier alpha value is -3.88. The van der Waals surface area contributed by atoms with Gasteiger partial charge in [-0.3, -0.25) is 4.79 Å². The molecule has 7 nitrogen and oxygen atoms in total. The van der Waals surface area contributed by atoms with E-state index in [0.29, 0.717) is 17.1 Å². The average molecular weight is 400 g/mol. The van der Waals surface area contributed by atoms with Crippen LogP contribution in [-0.2, 0) is 11.3 Å². The van der Waals surface area contributed by atoms with Gasteiger partial charge in [0.15, 0.2) is 11.6 Å². The Kier molecular flexibility index (Phi) is 6.08. The lowest BCUT2D eigenvalue weighted by Gasteiger charge is -2.09. The van der Waals surface area contributed by atoms with Crippen LogP contribution in [-0.4, -0.2) is 18.5 Å². The maximum Gasteiger partial charge on any atom is 0.319 e. The van der Waals surface area contributed by atoms with Crippen LogP contribution in [0.2, 0.25) is 0 Å². The lowest BCUT2D eigenvalue weighted by atomic mass is 10.1. The van der Waals surface area contributed by atoms with E-state index in [1.165, 1.54) is 12.1 Å². The number of carbonyl (C=O) groups excluding carboxylic acids is 2. The average Bonchev–Trinajstić information content (AvgIpc) is 3.16. The molecule has 0 bridgehead atoms. The van der Waals surface area contributed by atoms with Crippen molar-refractivity contribution in [3.63, 3.8) is 0 Å². The summed E-state index contributed by atoms with van der Waals surface area (Å²) >= 11 is 0. The van der Waals surface area contributed by atoms with Crippen molar-refractivity contribution in [2.24, 2.45) is 5.73 Å². The number of nitrogens with one attached hydrogen (secondary N) is 3. The van der Waals surface area contributed by atoms with E-state index >= 15 is 0 Å². The first-order chi connectivity index (χ1) is 13.9. The molecule has 0 fully saturated rings. The van der Waals surface area contributed by atoms with Gasteiger partial charge < -0.3 is 26.1 Å². The first-order valence-electron chi connectivity index (χ1n) is 8.62. The van der Waals surface area contributed by atoms with Crippen LogP contribution in [0.25, 0.3) is 11.3 Å². The SMILES string of the molecule is NC(=O)CNC(=O)Nc1cccc(NCc2ccc(-c3cccc(F)c3F)o2)c1. The van der Waals surface area contributed by atoms with Gasteiger partial charge in [0.25, 0.3) is 0 Å². The zero-order valence-electron chi connectivity index (χ0n) is 15.2. The number of hydrogen-bond donors (Lipinski definition) is 4. The lowest BCUT2D eigenvalue weighted by molar-refractivity contribution is -0.117. The fourth-order valence-corrected chi connectivity index (χ4v) is 2.55. The van der Waals surface area contributed by atoms with Crippen molar-refractivity contribution in [3.05, 3.63) is 72.0 Å². The van der Waals surface area contributed by atoms with E-state index < -0.39 is 23.6 Å². The molecule has 0 saturated carbocycles. The molecular weight excluding hydrogens is 382 g/mol. The van der Waals surface area contributed by atoms with Gasteiger partial charge >= 0.3 is 6.03 Å². The maximum absolute atomic E-state index is 13.9. The van der Waals surface area contributed by atoms with Crippen LogP contribution in [0.4, 0.5) is 25.0 Å². The first kappa shape index (κ1) is 19.9. The summed E-state index contributed by atoms with van der Waals surface area (Å²) in [5, 5.41) is 8.00. The fourth-order valence-electron chi connectivity index (χ4n) is 2.55. The zero-order chi connectivity index (χ0) is 20.8. The Balaban J connectivity index is 1.61. The standard InChI is InChI=1S/C20H18F2N4O3/c21-16-6-2-5-15(19(16)22)17-8-7-14(29-17)10-24-12-3-1-4-13(9-12)26-20(28)25-11-18(23)27/h1-9,24H,10-11H2,(H2,23,27)(H2,25,26,28). The summed E-state index contributed by atoms with van der Waals surface area (Å²) in [6.45, 7) is 0.0186. The molecule has 2 aromatic carbocycles. The van der Waals surface area contributed by atoms with Gasteiger partial charge in [0, 0.05) is 11.4 Å². The van der Waals surface area contributed by atoms with Crippen molar-refractivity contribution in [1.82, 2.24) is 5.32 Å². The second-order valence-corrected chi connectivity index (χ2v) is 6.08. The molecule has 150 valence electrons. The summed E-state index contributed by atoms with van der Waals surface area (Å²) in [6, 6.07) is 13.4. The molecule has 0 saturated heterocycles. The van der Waals surface area contributed by atoms with Gasteiger partial charge in [-0.2, -0.15) is 0 Å². The van der Waals surface area contributed by atoms with Crippen molar-refractivity contribution in [1.29, 1.82) is 0 Å². The summed E-state index contributed by atoms with van der Waals surface area (Å²) in [5.74, 6) is -1.81. The third kappa shape index (κ3) is 5.32. The Labute approximate surface area is 164 Å². The molecule has 0 radical (unpaired) electrons. The smallest absolute Gasteiger partial charge is 0.319 e. The van der Waals surface area contributed by atoms with Gasteiger partial charge in [0.05, 0.1) is 18.7 Å². The first-order valence-corrected chi connectivity index (χ1v) is 8.62. The highest BCUT2D eigenvalue weighted by atomic mass is 19.2. The molecule has 5 N–H and O–H groups in total. The number of rotatable bonds is 7. The summed E-state index contributed by atoms with van der Waals surface area (Å²) in [4.78, 5) is 22.4. The number of benzene rings is 2. The zero-order valence-corrected chi connectivity index (χ0v) is 15.2. The number of nitrogens with two attached hydrogens (primary N) is 1. The minimum atomic E-state index is -0.963. The monoisotopic (exact) mass is 400 g/mol. The fraction of sp³-hybridized carbons (Fsp3) is 0.100. The maximum atomic E-state index is 13.9. The minimum Gasteiger partial charge on any atom is -0.459 e. The highest BCUT2D eigenvalue weighted by molar-refractivity contribution is 5.92. The Bertz CT molecular complexity index is 1040. The van der Waals surface area contributed by atoms with Crippen molar-refractivity contribution >= 4 is 23.3 Å². The van der Waals surface area contributed by atoms with Crippen LogP contribution >= 0.6 is 0 Å². The van der Waals surface area contributed by atoms with Crippen molar-refractivity contribution < 1.29 is 22.8 Å². The quantitative estimate of drug-likeness (QED) is 0.487. The van der Waals surface area contributed by atoms with Crippen LogP contribution in [0.3, 0.4) is 0 Å². The molecular formula is C20H18F2N4O3. The molecule has 3 aromatic rings. The number of amides is 3. The number of furan rings is 1. The van der Waals surface area contributed by atoms with E-state index in [1.54, 1.807) is 36.4 Å². The van der Waals surface area contributed by atoms with Crippen LogP contribution in [0.5, 0.6) is 0 Å². The third-order valence-corrected chi connectivity index (χ3v) is 3.89. The van der Waals surface area contributed by atoms with Crippen molar-refractivity contribution in [3.8, 4) is 11.3 Å². The van der Waals surface area contributed by atoms with Crippen LogP contribution in [0.1, 0.15) is 5.76 Å². The Morgan fingerprint density at radius 2 is 1.76 bits per heavy atom. The molecule has 1 aromatic heterocycles. The number of anilines is 2. The van der Waals surface area contributed by atoms with E-state index in [4.69, 9.17) is 10.2 Å². The molecule has 0 aliphatic rings. The van der Waals surface area contributed by atoms with Gasteiger partial charge in [-0.05, 0) is 42.5 Å². The van der Waals surface area contributed by atoms with Crippen molar-refractivity contribution in [2.45, 2.75) is 6.54 Å². The number of urea groups is 1. The molecule has 0 aliphatic carbocycles. The molecule has 1 heterocycles. The molecule has 3 amide bonds. The van der Waals surface area contributed by atoms with E-state index in [9.17, 15) is 18.4 Å². The predicted octanol–water partition coefficient (Wildman–Crippen LogP) is 3.44. The highest BCUT2D eigenvalue weighted by Gasteiger charge is 2.13. The summed E-state index contributed by atoms with van der Waals surface area (Å²) < 4.78 is 32.8. The van der Waals surface area contributed by atoms with E-state index in [1.807, 2.05) is 0 Å². The second kappa shape index (κ2) is 8.87. The molecule has 0 unspecified atom stereocenters. The van der Waals surface area contributed by atoms with Crippen LogP contribution in [0.15, 0.2) is 59.0 Å². The third-order valence-electron chi connectivity index (χ3n) is 3.89. The predicted molar refractivity (Wildman–Crippen MR) is 104 cm³/mol.